The number of furan rings is 1. The molecule has 0 unspecified atom stereocenters. The molecule has 2 amide bonds. The van der Waals surface area contributed by atoms with Gasteiger partial charge in [0.05, 0.1) is 12.8 Å². The molecule has 1 aromatic heterocycles. The average molecular weight is 343 g/mol. The molecule has 3 N–H and O–H groups in total. The van der Waals surface area contributed by atoms with Gasteiger partial charge in [-0.25, -0.2) is 4.79 Å². The predicted molar refractivity (Wildman–Crippen MR) is 96.5 cm³/mol. The summed E-state index contributed by atoms with van der Waals surface area (Å²) in [5, 5.41) is 16.1. The third kappa shape index (κ3) is 4.54. The summed E-state index contributed by atoms with van der Waals surface area (Å²) in [5.74, 6) is 0.434. The Balaban J connectivity index is 1.42. The molecule has 0 bridgehead atoms. The Hall–Kier alpha value is -2.47. The lowest BCUT2D eigenvalue weighted by atomic mass is 10.0. The number of nitrogens with one attached hydrogen (secondary N) is 2. The maximum atomic E-state index is 12.1. The molecule has 1 aromatic carbocycles. The largest absolute Gasteiger partial charge is 0.466 e. The highest BCUT2D eigenvalue weighted by atomic mass is 16.4. The predicted octanol–water partition coefficient (Wildman–Crippen LogP) is 2.46. The van der Waals surface area contributed by atoms with Crippen molar-refractivity contribution in [1.82, 2.24) is 10.6 Å². The van der Waals surface area contributed by atoms with Crippen molar-refractivity contribution in [3.8, 4) is 0 Å². The number of carbonyl (C=O) groups excluding carboxylic acids is 1. The fraction of sp³-hybridized carbons (Fsp3) is 0.421. The van der Waals surface area contributed by atoms with Gasteiger partial charge < -0.3 is 25.1 Å². The van der Waals surface area contributed by atoms with E-state index in [1.54, 1.807) is 19.1 Å². The van der Waals surface area contributed by atoms with Crippen LogP contribution in [-0.2, 0) is 5.60 Å². The van der Waals surface area contributed by atoms with Gasteiger partial charge in [-0.15, -0.1) is 0 Å². The van der Waals surface area contributed by atoms with Gasteiger partial charge in [0.1, 0.15) is 11.4 Å². The third-order valence-corrected chi connectivity index (χ3v) is 4.60. The van der Waals surface area contributed by atoms with Crippen LogP contribution in [0.5, 0.6) is 0 Å². The van der Waals surface area contributed by atoms with Crippen LogP contribution in [0.25, 0.3) is 0 Å². The standard InChI is InChI=1S/C19H25N3O3/c1-19(24,17-8-5-13-25-17)14-20-18(23)21-15-9-11-22(12-10-15)16-6-3-2-4-7-16/h2-8,13,15,24H,9-12,14H2,1H3,(H2,20,21,23)/t19-/m0/s1. The number of piperidine rings is 1. The molecule has 0 aliphatic carbocycles. The van der Waals surface area contributed by atoms with E-state index in [1.165, 1.54) is 12.0 Å². The van der Waals surface area contributed by atoms with Gasteiger partial charge in [-0.05, 0) is 44.0 Å². The highest BCUT2D eigenvalue weighted by Gasteiger charge is 2.27. The minimum Gasteiger partial charge on any atom is -0.466 e. The van der Waals surface area contributed by atoms with Crippen LogP contribution in [0.3, 0.4) is 0 Å². The number of anilines is 1. The van der Waals surface area contributed by atoms with E-state index >= 15 is 0 Å². The summed E-state index contributed by atoms with van der Waals surface area (Å²) < 4.78 is 5.21. The number of para-hydroxylation sites is 1. The first kappa shape index (κ1) is 17.4. The van der Waals surface area contributed by atoms with E-state index in [9.17, 15) is 9.90 Å². The first-order valence-corrected chi connectivity index (χ1v) is 8.65. The molecule has 3 rings (SSSR count). The highest BCUT2D eigenvalue weighted by molar-refractivity contribution is 5.74. The minimum absolute atomic E-state index is 0.0925. The number of rotatable bonds is 5. The van der Waals surface area contributed by atoms with Gasteiger partial charge in [0.25, 0.3) is 0 Å². The van der Waals surface area contributed by atoms with Crippen LogP contribution >= 0.6 is 0 Å². The lowest BCUT2D eigenvalue weighted by molar-refractivity contribution is 0.0366. The Labute approximate surface area is 147 Å². The average Bonchev–Trinajstić information content (AvgIpc) is 3.17. The Morgan fingerprint density at radius 2 is 1.96 bits per heavy atom. The molecule has 1 saturated heterocycles. The monoisotopic (exact) mass is 343 g/mol. The molecule has 0 spiro atoms. The number of benzene rings is 1. The SMILES string of the molecule is C[C@](O)(CNC(=O)NC1CCN(c2ccccc2)CC1)c1ccco1. The van der Waals surface area contributed by atoms with Gasteiger partial charge >= 0.3 is 6.03 Å². The Kier molecular flexibility index (Phi) is 5.28. The lowest BCUT2D eigenvalue weighted by Gasteiger charge is -2.34. The number of hydrogen-bond donors (Lipinski definition) is 3. The number of urea groups is 1. The summed E-state index contributed by atoms with van der Waals surface area (Å²) in [6.07, 6.45) is 3.30. The summed E-state index contributed by atoms with van der Waals surface area (Å²) in [6.45, 7) is 3.54. The highest BCUT2D eigenvalue weighted by Crippen LogP contribution is 2.20. The van der Waals surface area contributed by atoms with E-state index < -0.39 is 5.60 Å². The zero-order valence-electron chi connectivity index (χ0n) is 14.4. The molecule has 6 nitrogen and oxygen atoms in total. The number of carbonyl (C=O) groups is 1. The van der Waals surface area contributed by atoms with Crippen molar-refractivity contribution in [3.63, 3.8) is 0 Å². The van der Waals surface area contributed by atoms with Crippen LogP contribution in [0.2, 0.25) is 0 Å². The van der Waals surface area contributed by atoms with E-state index in [4.69, 9.17) is 4.42 Å². The number of aliphatic hydroxyl groups is 1. The minimum atomic E-state index is -1.22. The van der Waals surface area contributed by atoms with E-state index in [1.807, 2.05) is 18.2 Å². The lowest BCUT2D eigenvalue weighted by Crippen LogP contribution is -2.50. The Bertz CT molecular complexity index is 662. The zero-order valence-corrected chi connectivity index (χ0v) is 14.4. The van der Waals surface area contributed by atoms with Gasteiger partial charge in [0.15, 0.2) is 0 Å². The van der Waals surface area contributed by atoms with E-state index in [0.717, 1.165) is 25.9 Å². The fourth-order valence-corrected chi connectivity index (χ4v) is 3.08. The molecule has 6 heteroatoms. The Morgan fingerprint density at radius 3 is 2.60 bits per heavy atom. The van der Waals surface area contributed by atoms with Crippen molar-refractivity contribution < 1.29 is 14.3 Å². The third-order valence-electron chi connectivity index (χ3n) is 4.60. The van der Waals surface area contributed by atoms with Crippen molar-refractivity contribution >= 4 is 11.7 Å². The molecule has 1 aliphatic rings. The molecule has 0 radical (unpaired) electrons. The maximum absolute atomic E-state index is 12.1. The van der Waals surface area contributed by atoms with Crippen molar-refractivity contribution in [1.29, 1.82) is 0 Å². The molecular weight excluding hydrogens is 318 g/mol. The summed E-state index contributed by atoms with van der Waals surface area (Å²) >= 11 is 0. The van der Waals surface area contributed by atoms with E-state index in [0.29, 0.717) is 5.76 Å². The molecular formula is C19H25N3O3. The molecule has 1 aliphatic heterocycles. The second kappa shape index (κ2) is 7.61. The summed E-state index contributed by atoms with van der Waals surface area (Å²) in [7, 11) is 0. The summed E-state index contributed by atoms with van der Waals surface area (Å²) in [6, 6.07) is 13.6. The van der Waals surface area contributed by atoms with Crippen molar-refractivity contribution in [2.45, 2.75) is 31.4 Å². The maximum Gasteiger partial charge on any atom is 0.315 e. The molecule has 134 valence electrons. The van der Waals surface area contributed by atoms with Crippen LogP contribution in [0.4, 0.5) is 10.5 Å². The van der Waals surface area contributed by atoms with Crippen molar-refractivity contribution in [3.05, 3.63) is 54.5 Å². The van der Waals surface area contributed by atoms with Crippen LogP contribution in [0.1, 0.15) is 25.5 Å². The van der Waals surface area contributed by atoms with Gasteiger partial charge in [-0.2, -0.15) is 0 Å². The van der Waals surface area contributed by atoms with Crippen LogP contribution in [0.15, 0.2) is 53.1 Å². The summed E-state index contributed by atoms with van der Waals surface area (Å²) in [4.78, 5) is 14.4. The van der Waals surface area contributed by atoms with Crippen molar-refractivity contribution in [2.24, 2.45) is 0 Å². The molecule has 1 atom stereocenters. The topological polar surface area (TPSA) is 77.7 Å². The first-order chi connectivity index (χ1) is 12.0. The number of hydrogen-bond acceptors (Lipinski definition) is 4. The quantitative estimate of drug-likeness (QED) is 0.779. The van der Waals surface area contributed by atoms with E-state index in [-0.39, 0.29) is 18.6 Å². The summed E-state index contributed by atoms with van der Waals surface area (Å²) in [5.41, 5.74) is -0.00256. The Morgan fingerprint density at radius 1 is 1.24 bits per heavy atom. The molecule has 25 heavy (non-hydrogen) atoms. The van der Waals surface area contributed by atoms with Crippen LogP contribution in [0, 0.1) is 0 Å². The van der Waals surface area contributed by atoms with Crippen LogP contribution in [-0.4, -0.2) is 36.8 Å². The van der Waals surface area contributed by atoms with E-state index in [2.05, 4.69) is 27.7 Å². The zero-order chi connectivity index (χ0) is 17.7. The number of nitrogens with zero attached hydrogens (tertiary/aromatic N) is 1. The second-order valence-electron chi connectivity index (χ2n) is 6.68. The smallest absolute Gasteiger partial charge is 0.315 e. The van der Waals surface area contributed by atoms with Gasteiger partial charge in [0, 0.05) is 24.8 Å². The van der Waals surface area contributed by atoms with Gasteiger partial charge in [0.2, 0.25) is 0 Å². The molecule has 2 aromatic rings. The molecule has 1 fully saturated rings. The molecule has 2 heterocycles. The fourth-order valence-electron chi connectivity index (χ4n) is 3.08. The number of amides is 2. The normalized spacial score (nSPS) is 17.8. The van der Waals surface area contributed by atoms with Gasteiger partial charge in [-0.3, -0.25) is 0 Å². The van der Waals surface area contributed by atoms with Crippen molar-refractivity contribution in [2.75, 3.05) is 24.5 Å². The first-order valence-electron chi connectivity index (χ1n) is 8.65. The second-order valence-corrected chi connectivity index (χ2v) is 6.68. The van der Waals surface area contributed by atoms with Crippen LogP contribution < -0.4 is 15.5 Å². The molecule has 0 saturated carbocycles. The van der Waals surface area contributed by atoms with Gasteiger partial charge in [-0.1, -0.05) is 18.2 Å².